The first kappa shape index (κ1) is 18.2. The summed E-state index contributed by atoms with van der Waals surface area (Å²) in [5.74, 6) is -0.517. The maximum Gasteiger partial charge on any atom is 0.405 e. The summed E-state index contributed by atoms with van der Waals surface area (Å²) < 4.78 is 45.7. The minimum absolute atomic E-state index is 0.308. The lowest BCUT2D eigenvalue weighted by molar-refractivity contribution is -0.184. The molecule has 2 N–H and O–H groups in total. The molecule has 138 valence electrons. The van der Waals surface area contributed by atoms with Crippen LogP contribution >= 0.6 is 0 Å². The van der Waals surface area contributed by atoms with Gasteiger partial charge in [0.1, 0.15) is 6.04 Å². The van der Waals surface area contributed by atoms with Crippen LogP contribution in [0, 0.1) is 0 Å². The van der Waals surface area contributed by atoms with E-state index in [1.54, 1.807) is 12.1 Å². The molecule has 0 spiro atoms. The van der Waals surface area contributed by atoms with Gasteiger partial charge in [-0.1, -0.05) is 24.3 Å². The number of piperazine rings is 1. The Hall–Kier alpha value is -1.64. The summed E-state index contributed by atoms with van der Waals surface area (Å²) in [6.07, 6.45) is -4.54. The van der Waals surface area contributed by atoms with Crippen LogP contribution in [0.25, 0.3) is 0 Å². The third-order valence-electron chi connectivity index (χ3n) is 4.67. The monoisotopic (exact) mass is 357 g/mol. The molecule has 2 unspecified atom stereocenters. The minimum atomic E-state index is -4.39. The predicted molar refractivity (Wildman–Crippen MR) is 86.1 cm³/mol. The largest absolute Gasteiger partial charge is 0.405 e. The molecule has 25 heavy (non-hydrogen) atoms. The van der Waals surface area contributed by atoms with Crippen molar-refractivity contribution in [3.63, 3.8) is 0 Å². The molecule has 1 fully saturated rings. The molecule has 8 heteroatoms. The van der Waals surface area contributed by atoms with Crippen LogP contribution in [-0.4, -0.2) is 62.4 Å². The lowest BCUT2D eigenvalue weighted by atomic mass is 9.97. The highest BCUT2D eigenvalue weighted by atomic mass is 19.4. The van der Waals surface area contributed by atoms with E-state index in [9.17, 15) is 18.0 Å². The van der Waals surface area contributed by atoms with Gasteiger partial charge in [-0.3, -0.25) is 9.69 Å². The molecule has 0 aliphatic carbocycles. The highest BCUT2D eigenvalue weighted by Gasteiger charge is 2.44. The zero-order chi connectivity index (χ0) is 17.9. The topological polar surface area (TPSA) is 53.6 Å². The van der Waals surface area contributed by atoms with E-state index in [0.29, 0.717) is 39.2 Å². The second kappa shape index (κ2) is 7.72. The number of carbonyl (C=O) groups excluding carboxylic acids is 1. The van der Waals surface area contributed by atoms with Crippen molar-refractivity contribution in [1.82, 2.24) is 15.5 Å². The Bertz CT molecular complexity index is 603. The molecular formula is C17H22F3N3O2. The van der Waals surface area contributed by atoms with E-state index in [1.165, 1.54) is 4.90 Å². The zero-order valence-corrected chi connectivity index (χ0v) is 13.8. The van der Waals surface area contributed by atoms with Crippen molar-refractivity contribution in [2.45, 2.75) is 24.7 Å². The van der Waals surface area contributed by atoms with E-state index < -0.39 is 30.8 Å². The van der Waals surface area contributed by atoms with E-state index in [0.717, 1.165) is 11.1 Å². The van der Waals surface area contributed by atoms with Gasteiger partial charge in [-0.05, 0) is 17.5 Å². The number of hydrogen-bond donors (Lipinski definition) is 2. The van der Waals surface area contributed by atoms with Crippen LogP contribution in [0.2, 0.25) is 0 Å². The van der Waals surface area contributed by atoms with Gasteiger partial charge in [-0.2, -0.15) is 13.2 Å². The lowest BCUT2D eigenvalue weighted by Gasteiger charge is -2.36. The van der Waals surface area contributed by atoms with Crippen LogP contribution < -0.4 is 10.6 Å². The Kier molecular flexibility index (Phi) is 5.61. The standard InChI is InChI=1S/C17H22F3N3O2/c18-17(19,20)14(23-8-6-21-7-9-23)11-22-16(24)15-13-4-2-1-3-12(13)5-10-25-15/h1-4,14-15,21H,5-11H2,(H,22,24). The summed E-state index contributed by atoms with van der Waals surface area (Å²) in [6, 6.07) is 5.70. The molecule has 1 amide bonds. The van der Waals surface area contributed by atoms with Crippen LogP contribution in [0.3, 0.4) is 0 Å². The first-order valence-corrected chi connectivity index (χ1v) is 8.45. The number of ether oxygens (including phenoxy) is 1. The number of hydrogen-bond acceptors (Lipinski definition) is 4. The van der Waals surface area contributed by atoms with E-state index >= 15 is 0 Å². The summed E-state index contributed by atoms with van der Waals surface area (Å²) in [5, 5.41) is 5.48. The number of rotatable bonds is 4. The number of alkyl halides is 3. The van der Waals surface area contributed by atoms with Crippen molar-refractivity contribution in [2.24, 2.45) is 0 Å². The molecule has 0 radical (unpaired) electrons. The molecule has 2 atom stereocenters. The molecule has 2 aliphatic heterocycles. The average Bonchev–Trinajstić information content (AvgIpc) is 2.61. The molecule has 2 heterocycles. The molecule has 2 aliphatic rings. The summed E-state index contributed by atoms with van der Waals surface area (Å²) in [7, 11) is 0. The van der Waals surface area contributed by atoms with Crippen LogP contribution in [0.5, 0.6) is 0 Å². The number of fused-ring (bicyclic) bond motifs is 1. The quantitative estimate of drug-likeness (QED) is 0.852. The van der Waals surface area contributed by atoms with Crippen molar-refractivity contribution in [3.8, 4) is 0 Å². The second-order valence-corrected chi connectivity index (χ2v) is 6.29. The smallest absolute Gasteiger partial charge is 0.363 e. The van der Waals surface area contributed by atoms with Gasteiger partial charge >= 0.3 is 6.18 Å². The number of nitrogens with zero attached hydrogens (tertiary/aromatic N) is 1. The van der Waals surface area contributed by atoms with Crippen molar-refractivity contribution in [2.75, 3.05) is 39.3 Å². The van der Waals surface area contributed by atoms with E-state index in [1.807, 2.05) is 12.1 Å². The van der Waals surface area contributed by atoms with E-state index in [2.05, 4.69) is 10.6 Å². The van der Waals surface area contributed by atoms with Crippen molar-refractivity contribution < 1.29 is 22.7 Å². The highest BCUT2D eigenvalue weighted by molar-refractivity contribution is 5.82. The third kappa shape index (κ3) is 4.31. The Morgan fingerprint density at radius 3 is 2.76 bits per heavy atom. The zero-order valence-electron chi connectivity index (χ0n) is 13.8. The molecule has 1 aromatic rings. The number of benzene rings is 1. The molecule has 0 saturated carbocycles. The van der Waals surface area contributed by atoms with Crippen LogP contribution in [0.1, 0.15) is 17.2 Å². The molecule has 3 rings (SSSR count). The van der Waals surface area contributed by atoms with Gasteiger partial charge in [0.2, 0.25) is 0 Å². The fourth-order valence-electron chi connectivity index (χ4n) is 3.35. The maximum atomic E-state index is 13.4. The molecule has 1 aromatic carbocycles. The fraction of sp³-hybridized carbons (Fsp3) is 0.588. The second-order valence-electron chi connectivity index (χ2n) is 6.29. The lowest BCUT2D eigenvalue weighted by Crippen LogP contribution is -2.57. The Labute approximate surface area is 144 Å². The first-order chi connectivity index (χ1) is 12.0. The fourth-order valence-corrected chi connectivity index (χ4v) is 3.35. The normalized spacial score (nSPS) is 22.9. The van der Waals surface area contributed by atoms with Crippen molar-refractivity contribution >= 4 is 5.91 Å². The van der Waals surface area contributed by atoms with Gasteiger partial charge in [0.25, 0.3) is 5.91 Å². The molecule has 0 aromatic heterocycles. The Morgan fingerprint density at radius 2 is 2.04 bits per heavy atom. The molecule has 0 bridgehead atoms. The summed E-state index contributed by atoms with van der Waals surface area (Å²) in [6.45, 7) is 1.56. The maximum absolute atomic E-state index is 13.4. The first-order valence-electron chi connectivity index (χ1n) is 8.45. The van der Waals surface area contributed by atoms with E-state index in [-0.39, 0.29) is 0 Å². The third-order valence-corrected chi connectivity index (χ3v) is 4.67. The Morgan fingerprint density at radius 1 is 1.32 bits per heavy atom. The van der Waals surface area contributed by atoms with Crippen LogP contribution in [0.15, 0.2) is 24.3 Å². The summed E-state index contributed by atoms with van der Waals surface area (Å²) in [5.41, 5.74) is 1.74. The number of carbonyl (C=O) groups is 1. The number of nitrogens with one attached hydrogen (secondary N) is 2. The molecule has 5 nitrogen and oxygen atoms in total. The minimum Gasteiger partial charge on any atom is -0.363 e. The van der Waals surface area contributed by atoms with Gasteiger partial charge in [0, 0.05) is 32.7 Å². The number of amides is 1. The van der Waals surface area contributed by atoms with Crippen molar-refractivity contribution in [1.29, 1.82) is 0 Å². The highest BCUT2D eigenvalue weighted by Crippen LogP contribution is 2.28. The SMILES string of the molecule is O=C(NCC(N1CCNCC1)C(F)(F)F)C1OCCc2ccccc21. The van der Waals surface area contributed by atoms with Crippen LogP contribution in [-0.2, 0) is 16.0 Å². The van der Waals surface area contributed by atoms with Gasteiger partial charge in [0.05, 0.1) is 6.61 Å². The predicted octanol–water partition coefficient (Wildman–Crippen LogP) is 1.25. The summed E-state index contributed by atoms with van der Waals surface area (Å²) in [4.78, 5) is 13.8. The van der Waals surface area contributed by atoms with Crippen molar-refractivity contribution in [3.05, 3.63) is 35.4 Å². The van der Waals surface area contributed by atoms with Gasteiger partial charge in [-0.25, -0.2) is 0 Å². The van der Waals surface area contributed by atoms with Gasteiger partial charge < -0.3 is 15.4 Å². The number of halogens is 3. The summed E-state index contributed by atoms with van der Waals surface area (Å²) >= 11 is 0. The van der Waals surface area contributed by atoms with Crippen LogP contribution in [0.4, 0.5) is 13.2 Å². The molecule has 1 saturated heterocycles. The van der Waals surface area contributed by atoms with Gasteiger partial charge in [0.15, 0.2) is 6.10 Å². The van der Waals surface area contributed by atoms with E-state index in [4.69, 9.17) is 4.74 Å². The Balaban J connectivity index is 1.66. The molecular weight excluding hydrogens is 335 g/mol. The van der Waals surface area contributed by atoms with Gasteiger partial charge in [-0.15, -0.1) is 0 Å². The average molecular weight is 357 g/mol.